The van der Waals surface area contributed by atoms with Gasteiger partial charge in [0.2, 0.25) is 10.0 Å². The van der Waals surface area contributed by atoms with E-state index in [1.165, 1.54) is 16.4 Å². The Morgan fingerprint density at radius 2 is 1.72 bits per heavy atom. The first-order valence-corrected chi connectivity index (χ1v) is 18.2. The molecule has 0 spiro atoms. The summed E-state index contributed by atoms with van der Waals surface area (Å²) in [6.45, 7) is 2.11. The zero-order valence-electron chi connectivity index (χ0n) is 25.8. The zero-order chi connectivity index (χ0) is 32.9. The molecule has 1 saturated heterocycles. The molecule has 47 heavy (non-hydrogen) atoms. The van der Waals surface area contributed by atoms with Crippen molar-refractivity contribution in [2.24, 2.45) is 15.9 Å². The lowest BCUT2D eigenvalue weighted by Gasteiger charge is -2.49. The van der Waals surface area contributed by atoms with E-state index in [9.17, 15) is 13.2 Å². The first-order chi connectivity index (χ1) is 22.6. The van der Waals surface area contributed by atoms with Gasteiger partial charge in [0.05, 0.1) is 36.1 Å². The topological polar surface area (TPSA) is 91.6 Å². The Hall–Kier alpha value is -3.31. The Morgan fingerprint density at radius 1 is 0.979 bits per heavy atom. The number of sulfonamides is 1. The van der Waals surface area contributed by atoms with E-state index in [1.54, 1.807) is 30.3 Å². The lowest BCUT2D eigenvalue weighted by Crippen LogP contribution is -2.59. The van der Waals surface area contributed by atoms with Crippen molar-refractivity contribution in [3.63, 3.8) is 0 Å². The summed E-state index contributed by atoms with van der Waals surface area (Å²) in [7, 11) is -3.90. The van der Waals surface area contributed by atoms with Crippen LogP contribution in [0.15, 0.2) is 82.8 Å². The highest BCUT2D eigenvalue weighted by atomic mass is 35.5. The molecule has 3 aromatic rings. The van der Waals surface area contributed by atoms with Crippen LogP contribution in [0.2, 0.25) is 10.0 Å². The average Bonchev–Trinajstić information content (AvgIpc) is 3.98. The molecule has 246 valence electrons. The minimum Gasteiger partial charge on any atom is -0.358 e. The van der Waals surface area contributed by atoms with Gasteiger partial charge >= 0.3 is 0 Å². The molecule has 1 amide bonds. The molecule has 0 bridgehead atoms. The van der Waals surface area contributed by atoms with Crippen molar-refractivity contribution in [2.75, 3.05) is 17.4 Å². The maximum atomic E-state index is 15.4. The number of nitrogens with zero attached hydrogens (tertiary/aromatic N) is 4. The second-order valence-electron chi connectivity index (χ2n) is 12.7. The van der Waals surface area contributed by atoms with Gasteiger partial charge in [-0.2, -0.15) is 0 Å². The summed E-state index contributed by atoms with van der Waals surface area (Å²) < 4.78 is 51.4. The molecule has 2 aliphatic carbocycles. The van der Waals surface area contributed by atoms with Crippen LogP contribution in [0.5, 0.6) is 0 Å². The zero-order valence-corrected chi connectivity index (χ0v) is 28.1. The number of carbonyl (C=O) groups excluding carboxylic acids is 1. The van der Waals surface area contributed by atoms with Gasteiger partial charge in [0, 0.05) is 22.2 Å². The maximum Gasteiger partial charge on any atom is 0.253 e. The van der Waals surface area contributed by atoms with Crippen molar-refractivity contribution >= 4 is 56.4 Å². The number of rotatable bonds is 11. The van der Waals surface area contributed by atoms with Gasteiger partial charge in [0.1, 0.15) is 23.9 Å². The van der Waals surface area contributed by atoms with E-state index in [1.807, 2.05) is 42.2 Å². The number of anilines is 1. The molecule has 12 heteroatoms. The van der Waals surface area contributed by atoms with Gasteiger partial charge in [0.15, 0.2) is 0 Å². The van der Waals surface area contributed by atoms with Crippen LogP contribution in [-0.4, -0.2) is 61.3 Å². The van der Waals surface area contributed by atoms with Gasteiger partial charge in [-0.15, -0.1) is 0 Å². The number of para-hydroxylation sites is 1. The fourth-order valence-electron chi connectivity index (χ4n) is 6.69. The minimum absolute atomic E-state index is 0.00517. The summed E-state index contributed by atoms with van der Waals surface area (Å²) in [5, 5.41) is 0.477. The fourth-order valence-corrected chi connectivity index (χ4v) is 8.89. The third kappa shape index (κ3) is 6.70. The third-order valence-electron chi connectivity index (χ3n) is 9.30. The summed E-state index contributed by atoms with van der Waals surface area (Å²) in [4.78, 5) is 25.6. The molecule has 3 aromatic carbocycles. The van der Waals surface area contributed by atoms with Crippen molar-refractivity contribution in [1.29, 1.82) is 0 Å². The van der Waals surface area contributed by atoms with E-state index in [-0.39, 0.29) is 30.5 Å². The van der Waals surface area contributed by atoms with E-state index in [2.05, 4.69) is 9.98 Å². The molecule has 0 unspecified atom stereocenters. The largest absolute Gasteiger partial charge is 0.358 e. The van der Waals surface area contributed by atoms with Gasteiger partial charge in [-0.1, -0.05) is 59.6 Å². The number of benzene rings is 3. The molecule has 8 nitrogen and oxygen atoms in total. The number of ether oxygens (including phenoxy) is 1. The molecule has 2 aliphatic heterocycles. The summed E-state index contributed by atoms with van der Waals surface area (Å²) in [6.07, 6.45) is 1.32. The highest BCUT2D eigenvalue weighted by Crippen LogP contribution is 2.49. The predicted molar refractivity (Wildman–Crippen MR) is 182 cm³/mol. The quantitative estimate of drug-likeness (QED) is 0.212. The standard InChI is InChI=1S/C35H35Cl2FN4O4S/c1-21-39-19-27(40-21)18-32-35(43)42(33(23-11-13-25(36)14-12-23)34(46-32)24-5-4-6-26(37)17-24)31(22-9-10-22)20-41(47(44,45)28-15-16-28)30-8-3-2-7-29(30)38/h2-8,11-14,17,22,28,31-34H,9-10,15-16,18-20H2,1H3/t31-,32+,33-,34-/m1/s1. The lowest BCUT2D eigenvalue weighted by atomic mass is 9.88. The summed E-state index contributed by atoms with van der Waals surface area (Å²) in [5.41, 5.74) is 2.27. The first kappa shape index (κ1) is 32.2. The number of morpholine rings is 1. The van der Waals surface area contributed by atoms with Gasteiger partial charge in [-0.05, 0) is 86.1 Å². The smallest absolute Gasteiger partial charge is 0.253 e. The molecule has 2 heterocycles. The Bertz CT molecular complexity index is 1850. The summed E-state index contributed by atoms with van der Waals surface area (Å²) >= 11 is 12.8. The molecule has 0 N–H and O–H groups in total. The van der Waals surface area contributed by atoms with Gasteiger partial charge < -0.3 is 9.64 Å². The average molecular weight is 698 g/mol. The normalized spacial score (nSPS) is 23.8. The molecule has 4 aliphatic rings. The van der Waals surface area contributed by atoms with Crippen LogP contribution < -0.4 is 4.31 Å². The Kier molecular flexibility index (Phi) is 8.89. The van der Waals surface area contributed by atoms with Crippen LogP contribution in [-0.2, 0) is 19.6 Å². The molecular weight excluding hydrogens is 662 g/mol. The van der Waals surface area contributed by atoms with Gasteiger partial charge in [-0.25, -0.2) is 17.8 Å². The number of amides is 1. The Morgan fingerprint density at radius 3 is 2.36 bits per heavy atom. The summed E-state index contributed by atoms with van der Waals surface area (Å²) in [5.74, 6) is -0.249. The van der Waals surface area contributed by atoms with Crippen molar-refractivity contribution in [2.45, 2.75) is 68.6 Å². The molecule has 4 atom stereocenters. The van der Waals surface area contributed by atoms with Gasteiger partial charge in [-0.3, -0.25) is 14.1 Å². The first-order valence-electron chi connectivity index (χ1n) is 15.9. The number of halogens is 3. The monoisotopic (exact) mass is 696 g/mol. The van der Waals surface area contributed by atoms with Crippen LogP contribution in [0, 0.1) is 11.7 Å². The highest BCUT2D eigenvalue weighted by Gasteiger charge is 2.52. The SMILES string of the molecule is CC1=NCC(C[C@@H]2O[C@H](c3cccc(Cl)c3)[C@@H](c3ccc(Cl)cc3)N([C@H](CN(c3ccccc3F)S(=O)(=O)C3CC3)C3CC3)C2=O)=N1. The van der Waals surface area contributed by atoms with Crippen LogP contribution >= 0.6 is 23.2 Å². The maximum absolute atomic E-state index is 15.4. The molecule has 0 radical (unpaired) electrons. The second-order valence-corrected chi connectivity index (χ2v) is 15.7. The number of hydrogen-bond acceptors (Lipinski definition) is 6. The number of hydrogen-bond donors (Lipinski definition) is 0. The van der Waals surface area contributed by atoms with E-state index in [0.29, 0.717) is 35.3 Å². The van der Waals surface area contributed by atoms with E-state index >= 15 is 4.39 Å². The lowest BCUT2D eigenvalue weighted by molar-refractivity contribution is -0.178. The third-order valence-corrected chi connectivity index (χ3v) is 12.1. The number of aliphatic imine (C=N–C) groups is 2. The van der Waals surface area contributed by atoms with Crippen LogP contribution in [0.4, 0.5) is 10.1 Å². The molecular formula is C35H35Cl2FN4O4S. The number of carbonyl (C=O) groups is 1. The molecule has 2 saturated carbocycles. The Balaban J connectivity index is 1.37. The highest BCUT2D eigenvalue weighted by molar-refractivity contribution is 7.93. The van der Waals surface area contributed by atoms with Crippen molar-refractivity contribution in [3.05, 3.63) is 99.8 Å². The van der Waals surface area contributed by atoms with Crippen molar-refractivity contribution < 1.29 is 22.3 Å². The van der Waals surface area contributed by atoms with Crippen LogP contribution in [0.25, 0.3) is 0 Å². The van der Waals surface area contributed by atoms with Crippen molar-refractivity contribution in [3.8, 4) is 0 Å². The Labute approximate surface area is 284 Å². The van der Waals surface area contributed by atoms with E-state index in [4.69, 9.17) is 27.9 Å². The fraction of sp³-hybridized carbons (Fsp3) is 0.400. The van der Waals surface area contributed by atoms with E-state index < -0.39 is 45.4 Å². The van der Waals surface area contributed by atoms with Gasteiger partial charge in [0.25, 0.3) is 5.91 Å². The number of amidine groups is 1. The second kappa shape index (κ2) is 13.0. The molecule has 0 aromatic heterocycles. The predicted octanol–water partition coefficient (Wildman–Crippen LogP) is 7.18. The van der Waals surface area contributed by atoms with Crippen molar-refractivity contribution in [1.82, 2.24) is 4.90 Å². The van der Waals surface area contributed by atoms with Crippen LogP contribution in [0.3, 0.4) is 0 Å². The minimum atomic E-state index is -3.90. The molecule has 3 fully saturated rings. The summed E-state index contributed by atoms with van der Waals surface area (Å²) in [6, 6.07) is 19.3. The van der Waals surface area contributed by atoms with Crippen LogP contribution in [0.1, 0.15) is 62.3 Å². The molecule has 7 rings (SSSR count). The van der Waals surface area contributed by atoms with E-state index in [0.717, 1.165) is 29.7 Å².